The Hall–Kier alpha value is -2.92. The van der Waals surface area contributed by atoms with E-state index in [9.17, 15) is 24.3 Å². The molecular weight excluding hydrogens is 491 g/mol. The fourth-order valence-corrected chi connectivity index (χ4v) is 4.49. The van der Waals surface area contributed by atoms with Gasteiger partial charge in [-0.1, -0.05) is 35.3 Å². The van der Waals surface area contributed by atoms with Crippen LogP contribution in [0.3, 0.4) is 0 Å². The van der Waals surface area contributed by atoms with Crippen LogP contribution in [0.15, 0.2) is 42.4 Å². The van der Waals surface area contributed by atoms with Gasteiger partial charge in [0.1, 0.15) is 5.70 Å². The van der Waals surface area contributed by atoms with Gasteiger partial charge < -0.3 is 10.4 Å². The molecule has 9 nitrogen and oxygen atoms in total. The summed E-state index contributed by atoms with van der Waals surface area (Å²) < 4.78 is 0. The molecule has 2 heterocycles. The van der Waals surface area contributed by atoms with Gasteiger partial charge in [0, 0.05) is 36.6 Å². The van der Waals surface area contributed by atoms with E-state index in [2.05, 4.69) is 15.6 Å². The summed E-state index contributed by atoms with van der Waals surface area (Å²) in [6, 6.07) is 5.47. The number of carboxylic acids is 1. The molecule has 1 fully saturated rings. The summed E-state index contributed by atoms with van der Waals surface area (Å²) in [5.74, 6) is -2.33. The van der Waals surface area contributed by atoms with E-state index in [0.29, 0.717) is 27.8 Å². The van der Waals surface area contributed by atoms with Crippen molar-refractivity contribution < 1.29 is 24.3 Å². The molecule has 33 heavy (non-hydrogen) atoms. The summed E-state index contributed by atoms with van der Waals surface area (Å²) in [4.78, 5) is 53.7. The highest BCUT2D eigenvalue weighted by molar-refractivity contribution is 7.99. The van der Waals surface area contributed by atoms with E-state index in [1.165, 1.54) is 54.5 Å². The van der Waals surface area contributed by atoms with Gasteiger partial charge in [0.2, 0.25) is 5.91 Å². The number of carbonyl (C=O) groups excluding carboxylic acids is 3. The van der Waals surface area contributed by atoms with Crippen LogP contribution in [0.1, 0.15) is 22.8 Å². The number of thioether (sulfide) groups is 1. The summed E-state index contributed by atoms with van der Waals surface area (Å²) in [6.07, 6.45) is 3.81. The van der Waals surface area contributed by atoms with Crippen molar-refractivity contribution in [2.24, 2.45) is 0 Å². The van der Waals surface area contributed by atoms with Gasteiger partial charge in [0.05, 0.1) is 21.7 Å². The third kappa shape index (κ3) is 5.91. The Morgan fingerprint density at radius 2 is 1.82 bits per heavy atom. The fraction of sp³-hybridized carbons (Fsp3) is 0.190. The van der Waals surface area contributed by atoms with E-state index >= 15 is 0 Å². The number of carbonyl (C=O) groups is 4. The molecule has 1 aromatic heterocycles. The number of hydrogen-bond donors (Lipinski definition) is 3. The average molecular weight is 509 g/mol. The summed E-state index contributed by atoms with van der Waals surface area (Å²) in [7, 11) is 0. The lowest BCUT2D eigenvalue weighted by atomic mass is 10.1. The Bertz CT molecular complexity index is 1110. The number of aromatic nitrogens is 1. The lowest BCUT2D eigenvalue weighted by Gasteiger charge is -2.22. The number of nitrogens with zero attached hydrogens (tertiary/aromatic N) is 2. The van der Waals surface area contributed by atoms with Crippen molar-refractivity contribution in [2.45, 2.75) is 13.0 Å². The van der Waals surface area contributed by atoms with E-state index in [1.54, 1.807) is 0 Å². The van der Waals surface area contributed by atoms with Gasteiger partial charge >= 0.3 is 5.97 Å². The van der Waals surface area contributed by atoms with Crippen molar-refractivity contribution in [3.63, 3.8) is 0 Å². The zero-order valence-corrected chi connectivity index (χ0v) is 19.5. The van der Waals surface area contributed by atoms with E-state index in [0.717, 1.165) is 6.92 Å². The molecule has 0 radical (unpaired) electrons. The minimum Gasteiger partial charge on any atom is -0.477 e. The number of aliphatic carboxylic acids is 1. The Labute approximate surface area is 203 Å². The minimum absolute atomic E-state index is 0.0692. The number of amides is 3. The molecule has 1 atom stereocenters. The van der Waals surface area contributed by atoms with Crippen molar-refractivity contribution >= 4 is 70.4 Å². The van der Waals surface area contributed by atoms with Gasteiger partial charge in [-0.15, -0.1) is 11.8 Å². The Morgan fingerprint density at radius 1 is 1.18 bits per heavy atom. The first-order valence-corrected chi connectivity index (χ1v) is 11.4. The first kappa shape index (κ1) is 24.7. The molecule has 1 unspecified atom stereocenters. The molecule has 3 amide bonds. The molecule has 172 valence electrons. The SMILES string of the molecule is CC(=O)N(C(=O)C1CSCN1)/C(=C/c1ccc(NC(=O)c2c(Cl)cncc2Cl)cc1)C(=O)O. The zero-order valence-electron chi connectivity index (χ0n) is 17.2. The second-order valence-electron chi connectivity index (χ2n) is 6.85. The third-order valence-electron chi connectivity index (χ3n) is 4.56. The molecular formula is C21H18Cl2N4O5S. The van der Waals surface area contributed by atoms with Gasteiger partial charge in [-0.25, -0.2) is 9.69 Å². The first-order chi connectivity index (χ1) is 15.7. The fourth-order valence-electron chi connectivity index (χ4n) is 3.02. The van der Waals surface area contributed by atoms with E-state index < -0.39 is 35.4 Å². The number of carboxylic acid groups (broad SMARTS) is 1. The third-order valence-corrected chi connectivity index (χ3v) is 6.08. The van der Waals surface area contributed by atoms with Crippen LogP contribution < -0.4 is 10.6 Å². The highest BCUT2D eigenvalue weighted by Gasteiger charge is 2.34. The van der Waals surface area contributed by atoms with Gasteiger partial charge in [-0.05, 0) is 23.8 Å². The molecule has 12 heteroatoms. The number of rotatable bonds is 6. The molecule has 1 aliphatic rings. The van der Waals surface area contributed by atoms with E-state index in [4.69, 9.17) is 23.2 Å². The number of halogens is 2. The predicted molar refractivity (Wildman–Crippen MR) is 126 cm³/mol. The van der Waals surface area contributed by atoms with Crippen LogP contribution in [0.4, 0.5) is 5.69 Å². The van der Waals surface area contributed by atoms with Crippen LogP contribution in [0.2, 0.25) is 10.0 Å². The summed E-state index contributed by atoms with van der Waals surface area (Å²) in [5.41, 5.74) is 0.390. The van der Waals surface area contributed by atoms with E-state index in [1.807, 2.05) is 0 Å². The lowest BCUT2D eigenvalue weighted by molar-refractivity contribution is -0.147. The van der Waals surface area contributed by atoms with Crippen molar-refractivity contribution in [2.75, 3.05) is 16.9 Å². The molecule has 3 N–H and O–H groups in total. The molecule has 1 aliphatic heterocycles. The average Bonchev–Trinajstić information content (AvgIpc) is 3.29. The van der Waals surface area contributed by atoms with Crippen LogP contribution in [-0.4, -0.2) is 56.4 Å². The van der Waals surface area contributed by atoms with Gasteiger partial charge in [-0.2, -0.15) is 0 Å². The van der Waals surface area contributed by atoms with Crippen molar-refractivity contribution in [1.82, 2.24) is 15.2 Å². The Balaban J connectivity index is 1.83. The molecule has 2 aromatic rings. The summed E-state index contributed by atoms with van der Waals surface area (Å²) >= 11 is 13.5. The largest absolute Gasteiger partial charge is 0.477 e. The zero-order chi connectivity index (χ0) is 24.1. The van der Waals surface area contributed by atoms with Crippen LogP contribution >= 0.6 is 35.0 Å². The molecule has 0 spiro atoms. The Kier molecular flexibility index (Phi) is 8.09. The van der Waals surface area contributed by atoms with Crippen LogP contribution in [-0.2, 0) is 14.4 Å². The minimum atomic E-state index is -1.43. The van der Waals surface area contributed by atoms with Crippen molar-refractivity contribution in [3.8, 4) is 0 Å². The highest BCUT2D eigenvalue weighted by Crippen LogP contribution is 2.24. The molecule has 1 aromatic carbocycles. The summed E-state index contributed by atoms with van der Waals surface area (Å²) in [6.45, 7) is 1.13. The second-order valence-corrected chi connectivity index (χ2v) is 8.70. The number of pyridine rings is 1. The quantitative estimate of drug-likeness (QED) is 0.507. The highest BCUT2D eigenvalue weighted by atomic mass is 35.5. The Morgan fingerprint density at radius 3 is 2.33 bits per heavy atom. The topological polar surface area (TPSA) is 129 Å². The number of anilines is 1. The summed E-state index contributed by atoms with van der Waals surface area (Å²) in [5, 5.41) is 15.4. The van der Waals surface area contributed by atoms with E-state index in [-0.39, 0.29) is 15.6 Å². The van der Waals surface area contributed by atoms with Gasteiger partial charge in [-0.3, -0.25) is 24.7 Å². The molecule has 3 rings (SSSR count). The van der Waals surface area contributed by atoms with Crippen LogP contribution in [0.25, 0.3) is 6.08 Å². The van der Waals surface area contributed by atoms with Gasteiger partial charge in [0.25, 0.3) is 11.8 Å². The smallest absolute Gasteiger partial charge is 0.353 e. The number of imide groups is 1. The number of hydrogen-bond acceptors (Lipinski definition) is 7. The standard InChI is InChI=1S/C21H18Cl2N4O5S/c1-11(28)27(20(30)16-9-33-10-25-16)17(21(31)32)6-12-2-4-13(5-3-12)26-19(29)18-14(22)7-24-8-15(18)23/h2-8,16,25H,9-10H2,1H3,(H,26,29)(H,31,32)/b17-6+. The molecule has 0 bridgehead atoms. The van der Waals surface area contributed by atoms with Crippen LogP contribution in [0.5, 0.6) is 0 Å². The predicted octanol–water partition coefficient (Wildman–Crippen LogP) is 3.10. The molecule has 1 saturated heterocycles. The first-order valence-electron chi connectivity index (χ1n) is 9.50. The maximum Gasteiger partial charge on any atom is 0.353 e. The molecule has 0 aliphatic carbocycles. The van der Waals surface area contributed by atoms with Crippen LogP contribution in [0, 0.1) is 0 Å². The van der Waals surface area contributed by atoms with Crippen molar-refractivity contribution in [1.29, 1.82) is 0 Å². The number of benzene rings is 1. The van der Waals surface area contributed by atoms with Gasteiger partial charge in [0.15, 0.2) is 0 Å². The monoisotopic (exact) mass is 508 g/mol. The second kappa shape index (κ2) is 10.8. The normalized spacial score (nSPS) is 15.7. The number of nitrogens with one attached hydrogen (secondary N) is 2. The van der Waals surface area contributed by atoms with Crippen molar-refractivity contribution in [3.05, 3.63) is 63.5 Å². The maximum absolute atomic E-state index is 12.7. The molecule has 0 saturated carbocycles. The lowest BCUT2D eigenvalue weighted by Crippen LogP contribution is -2.47. The maximum atomic E-state index is 12.7.